The standard InChI is InChI=1S/C12H15FN2O/c1-12(2,3)14-7-11-15-9-6-8(13)4-5-10(9)16-11/h4-6,14H,7H2,1-3H3. The molecule has 16 heavy (non-hydrogen) atoms. The normalized spacial score (nSPS) is 12.2. The summed E-state index contributed by atoms with van der Waals surface area (Å²) in [5.41, 5.74) is 1.18. The van der Waals surface area contributed by atoms with E-state index in [0.717, 1.165) is 0 Å². The number of halogens is 1. The van der Waals surface area contributed by atoms with Crippen LogP contribution in [-0.4, -0.2) is 10.5 Å². The topological polar surface area (TPSA) is 38.1 Å². The number of aromatic nitrogens is 1. The van der Waals surface area contributed by atoms with Gasteiger partial charge >= 0.3 is 0 Å². The van der Waals surface area contributed by atoms with Crippen molar-refractivity contribution in [2.45, 2.75) is 32.9 Å². The quantitative estimate of drug-likeness (QED) is 0.849. The molecule has 86 valence electrons. The predicted octanol–water partition coefficient (Wildman–Crippen LogP) is 2.86. The van der Waals surface area contributed by atoms with E-state index in [9.17, 15) is 4.39 Å². The molecule has 0 bridgehead atoms. The highest BCUT2D eigenvalue weighted by atomic mass is 19.1. The van der Waals surface area contributed by atoms with E-state index in [1.54, 1.807) is 6.07 Å². The number of hydrogen-bond acceptors (Lipinski definition) is 3. The van der Waals surface area contributed by atoms with Crippen LogP contribution in [0, 0.1) is 5.82 Å². The molecule has 0 saturated carbocycles. The molecular formula is C12H15FN2O. The summed E-state index contributed by atoms with van der Waals surface area (Å²) >= 11 is 0. The second-order valence-corrected chi connectivity index (χ2v) is 4.82. The molecule has 2 rings (SSSR count). The van der Waals surface area contributed by atoms with E-state index in [2.05, 4.69) is 31.1 Å². The average Bonchev–Trinajstić information content (AvgIpc) is 2.55. The number of nitrogens with zero attached hydrogens (tertiary/aromatic N) is 1. The van der Waals surface area contributed by atoms with Crippen LogP contribution in [0.25, 0.3) is 11.1 Å². The molecule has 0 aliphatic carbocycles. The molecular weight excluding hydrogens is 207 g/mol. The van der Waals surface area contributed by atoms with Gasteiger partial charge in [-0.25, -0.2) is 9.37 Å². The molecule has 0 amide bonds. The van der Waals surface area contributed by atoms with E-state index in [-0.39, 0.29) is 11.4 Å². The van der Waals surface area contributed by atoms with Crippen LogP contribution in [0.5, 0.6) is 0 Å². The summed E-state index contributed by atoms with van der Waals surface area (Å²) in [7, 11) is 0. The number of benzene rings is 1. The van der Waals surface area contributed by atoms with Crippen molar-refractivity contribution in [1.82, 2.24) is 10.3 Å². The zero-order valence-electron chi connectivity index (χ0n) is 9.67. The molecule has 0 atom stereocenters. The van der Waals surface area contributed by atoms with Crippen LogP contribution in [-0.2, 0) is 6.54 Å². The summed E-state index contributed by atoms with van der Waals surface area (Å²) < 4.78 is 18.4. The highest BCUT2D eigenvalue weighted by Crippen LogP contribution is 2.16. The average molecular weight is 222 g/mol. The van der Waals surface area contributed by atoms with E-state index in [0.29, 0.717) is 23.5 Å². The van der Waals surface area contributed by atoms with Gasteiger partial charge in [0, 0.05) is 11.6 Å². The minimum Gasteiger partial charge on any atom is -0.439 e. The summed E-state index contributed by atoms with van der Waals surface area (Å²) in [6.07, 6.45) is 0. The zero-order chi connectivity index (χ0) is 11.8. The van der Waals surface area contributed by atoms with Gasteiger partial charge in [0.1, 0.15) is 11.3 Å². The van der Waals surface area contributed by atoms with Crippen LogP contribution in [0.1, 0.15) is 26.7 Å². The SMILES string of the molecule is CC(C)(C)NCc1nc2cc(F)ccc2o1. The Morgan fingerprint density at radius 3 is 2.81 bits per heavy atom. The van der Waals surface area contributed by atoms with E-state index in [1.165, 1.54) is 12.1 Å². The molecule has 3 nitrogen and oxygen atoms in total. The van der Waals surface area contributed by atoms with Crippen LogP contribution >= 0.6 is 0 Å². The fourth-order valence-corrected chi connectivity index (χ4v) is 1.36. The largest absolute Gasteiger partial charge is 0.439 e. The van der Waals surface area contributed by atoms with Crippen molar-refractivity contribution >= 4 is 11.1 Å². The highest BCUT2D eigenvalue weighted by molar-refractivity contribution is 5.72. The van der Waals surface area contributed by atoms with E-state index in [1.807, 2.05) is 0 Å². The zero-order valence-corrected chi connectivity index (χ0v) is 9.67. The van der Waals surface area contributed by atoms with E-state index < -0.39 is 0 Å². The number of fused-ring (bicyclic) bond motifs is 1. The molecule has 1 N–H and O–H groups in total. The van der Waals surface area contributed by atoms with E-state index in [4.69, 9.17) is 4.42 Å². The smallest absolute Gasteiger partial charge is 0.209 e. The summed E-state index contributed by atoms with van der Waals surface area (Å²) in [4.78, 5) is 4.21. The minimum absolute atomic E-state index is 0.00586. The molecule has 1 aromatic heterocycles. The van der Waals surface area contributed by atoms with Gasteiger partial charge in [-0.15, -0.1) is 0 Å². The summed E-state index contributed by atoms with van der Waals surface area (Å²) in [5, 5.41) is 3.26. The molecule has 0 fully saturated rings. The van der Waals surface area contributed by atoms with Gasteiger partial charge < -0.3 is 9.73 Å². The molecule has 4 heteroatoms. The third-order valence-electron chi connectivity index (χ3n) is 2.16. The molecule has 0 unspecified atom stereocenters. The van der Waals surface area contributed by atoms with Crippen molar-refractivity contribution in [3.05, 3.63) is 29.9 Å². The van der Waals surface area contributed by atoms with Crippen LogP contribution < -0.4 is 5.32 Å². The Morgan fingerprint density at radius 2 is 2.12 bits per heavy atom. The van der Waals surface area contributed by atoms with Gasteiger partial charge in [0.25, 0.3) is 0 Å². The lowest BCUT2D eigenvalue weighted by Gasteiger charge is -2.18. The van der Waals surface area contributed by atoms with Gasteiger partial charge in [0.05, 0.1) is 6.54 Å². The first kappa shape index (κ1) is 11.1. The Balaban J connectivity index is 2.20. The Morgan fingerprint density at radius 1 is 1.38 bits per heavy atom. The third-order valence-corrected chi connectivity index (χ3v) is 2.16. The Hall–Kier alpha value is -1.42. The molecule has 0 aliphatic heterocycles. The molecule has 0 aliphatic rings. The maximum atomic E-state index is 12.9. The lowest BCUT2D eigenvalue weighted by atomic mass is 10.1. The van der Waals surface area contributed by atoms with Gasteiger partial charge in [0.15, 0.2) is 5.58 Å². The first-order valence-electron chi connectivity index (χ1n) is 5.24. The number of hydrogen-bond donors (Lipinski definition) is 1. The Bertz CT molecular complexity index is 499. The van der Waals surface area contributed by atoms with Crippen molar-refractivity contribution in [3.8, 4) is 0 Å². The van der Waals surface area contributed by atoms with Crippen LogP contribution in [0.4, 0.5) is 4.39 Å². The summed E-state index contributed by atoms with van der Waals surface area (Å²) in [6, 6.07) is 4.34. The van der Waals surface area contributed by atoms with Crippen LogP contribution in [0.3, 0.4) is 0 Å². The summed E-state index contributed by atoms with van der Waals surface area (Å²) in [5.74, 6) is 0.284. The lowest BCUT2D eigenvalue weighted by Crippen LogP contribution is -2.35. The highest BCUT2D eigenvalue weighted by Gasteiger charge is 2.12. The van der Waals surface area contributed by atoms with Crippen molar-refractivity contribution in [2.75, 3.05) is 0 Å². The van der Waals surface area contributed by atoms with Crippen molar-refractivity contribution in [2.24, 2.45) is 0 Å². The number of nitrogens with one attached hydrogen (secondary N) is 1. The number of oxazole rings is 1. The number of rotatable bonds is 2. The molecule has 0 saturated heterocycles. The first-order valence-corrected chi connectivity index (χ1v) is 5.24. The fourth-order valence-electron chi connectivity index (χ4n) is 1.36. The van der Waals surface area contributed by atoms with Crippen LogP contribution in [0.2, 0.25) is 0 Å². The van der Waals surface area contributed by atoms with Crippen molar-refractivity contribution in [1.29, 1.82) is 0 Å². The molecule has 2 aromatic rings. The van der Waals surface area contributed by atoms with Gasteiger partial charge in [-0.05, 0) is 32.9 Å². The van der Waals surface area contributed by atoms with Crippen LogP contribution in [0.15, 0.2) is 22.6 Å². The molecule has 0 spiro atoms. The Kier molecular flexibility index (Phi) is 2.68. The summed E-state index contributed by atoms with van der Waals surface area (Å²) in [6.45, 7) is 6.74. The van der Waals surface area contributed by atoms with E-state index >= 15 is 0 Å². The second-order valence-electron chi connectivity index (χ2n) is 4.82. The molecule has 1 heterocycles. The van der Waals surface area contributed by atoms with Gasteiger partial charge in [0.2, 0.25) is 5.89 Å². The van der Waals surface area contributed by atoms with Crippen molar-refractivity contribution in [3.63, 3.8) is 0 Å². The second kappa shape index (κ2) is 3.87. The monoisotopic (exact) mass is 222 g/mol. The minimum atomic E-state index is -0.295. The predicted molar refractivity (Wildman–Crippen MR) is 60.6 cm³/mol. The van der Waals surface area contributed by atoms with Gasteiger partial charge in [-0.1, -0.05) is 0 Å². The van der Waals surface area contributed by atoms with Crippen molar-refractivity contribution < 1.29 is 8.81 Å². The lowest BCUT2D eigenvalue weighted by molar-refractivity contribution is 0.388. The van der Waals surface area contributed by atoms with Gasteiger partial charge in [-0.3, -0.25) is 0 Å². The molecule has 1 aromatic carbocycles. The first-order chi connectivity index (χ1) is 7.44. The third kappa shape index (κ3) is 2.58. The molecule has 0 radical (unpaired) electrons. The maximum Gasteiger partial charge on any atom is 0.209 e. The fraction of sp³-hybridized carbons (Fsp3) is 0.417. The van der Waals surface area contributed by atoms with Gasteiger partial charge in [-0.2, -0.15) is 0 Å². The maximum absolute atomic E-state index is 12.9. The Labute approximate surface area is 93.7 Å².